The Balaban J connectivity index is 1.83. The summed E-state index contributed by atoms with van der Waals surface area (Å²) in [5.74, 6) is 0.782. The normalized spacial score (nSPS) is 20.1. The van der Waals surface area contributed by atoms with Gasteiger partial charge in [0.1, 0.15) is 5.82 Å². The molecule has 1 amide bonds. The Labute approximate surface area is 92.2 Å². The number of hydrogen-bond donors (Lipinski definition) is 2. The molecule has 0 saturated carbocycles. The molecule has 1 fully saturated rings. The predicted octanol–water partition coefficient (Wildman–Crippen LogP) is 0.820. The number of anilines is 1. The number of nitrogens with zero attached hydrogens (tertiary/aromatic N) is 2. The van der Waals surface area contributed by atoms with Gasteiger partial charge in [-0.05, 0) is 18.6 Å². The van der Waals surface area contributed by atoms with E-state index in [1.807, 2.05) is 0 Å². The van der Waals surface area contributed by atoms with Crippen LogP contribution < -0.4 is 10.6 Å². The summed E-state index contributed by atoms with van der Waals surface area (Å²) in [7, 11) is 0. The highest BCUT2D eigenvalue weighted by Gasteiger charge is 2.20. The van der Waals surface area contributed by atoms with Crippen molar-refractivity contribution in [3.63, 3.8) is 0 Å². The van der Waals surface area contributed by atoms with Crippen molar-refractivity contribution >= 4 is 23.3 Å². The molecular formula is C9H11ClN4O. The van der Waals surface area contributed by atoms with E-state index in [9.17, 15) is 4.79 Å². The maximum absolute atomic E-state index is 10.9. The van der Waals surface area contributed by atoms with Gasteiger partial charge < -0.3 is 10.6 Å². The van der Waals surface area contributed by atoms with E-state index >= 15 is 0 Å². The molecule has 6 heteroatoms. The van der Waals surface area contributed by atoms with Crippen LogP contribution in [0.25, 0.3) is 0 Å². The molecular weight excluding hydrogens is 216 g/mol. The number of rotatable bonds is 3. The molecule has 2 heterocycles. The highest BCUT2D eigenvalue weighted by Crippen LogP contribution is 2.09. The van der Waals surface area contributed by atoms with Gasteiger partial charge in [-0.3, -0.25) is 4.79 Å². The average molecular weight is 227 g/mol. The summed E-state index contributed by atoms with van der Waals surface area (Å²) in [5.41, 5.74) is 0. The van der Waals surface area contributed by atoms with Crippen LogP contribution in [0.5, 0.6) is 0 Å². The minimum atomic E-state index is 0.115. The number of halogens is 1. The van der Waals surface area contributed by atoms with Crippen molar-refractivity contribution in [2.45, 2.75) is 18.9 Å². The summed E-state index contributed by atoms with van der Waals surface area (Å²) in [6, 6.07) is 3.62. The average Bonchev–Trinajstić information content (AvgIpc) is 2.64. The van der Waals surface area contributed by atoms with Gasteiger partial charge in [0.25, 0.3) is 0 Å². The molecule has 2 rings (SSSR count). The summed E-state index contributed by atoms with van der Waals surface area (Å²) >= 11 is 5.60. The molecule has 1 atom stereocenters. The Bertz CT molecular complexity index is 354. The lowest BCUT2D eigenvalue weighted by Gasteiger charge is -2.10. The number of carbonyl (C=O) groups is 1. The first-order chi connectivity index (χ1) is 7.24. The smallest absolute Gasteiger partial charge is 0.220 e. The highest BCUT2D eigenvalue weighted by molar-refractivity contribution is 6.29. The zero-order valence-corrected chi connectivity index (χ0v) is 8.79. The Morgan fingerprint density at radius 3 is 3.00 bits per heavy atom. The lowest BCUT2D eigenvalue weighted by molar-refractivity contribution is -0.119. The second-order valence-corrected chi connectivity index (χ2v) is 3.81. The van der Waals surface area contributed by atoms with Crippen LogP contribution in [-0.2, 0) is 4.79 Å². The van der Waals surface area contributed by atoms with E-state index in [-0.39, 0.29) is 11.9 Å². The van der Waals surface area contributed by atoms with E-state index in [0.29, 0.717) is 23.9 Å². The molecule has 1 aromatic heterocycles. The second kappa shape index (κ2) is 4.44. The first-order valence-electron chi connectivity index (χ1n) is 4.76. The molecule has 0 spiro atoms. The first-order valence-corrected chi connectivity index (χ1v) is 5.14. The molecule has 0 aromatic carbocycles. The summed E-state index contributed by atoms with van der Waals surface area (Å²) < 4.78 is 0. The van der Waals surface area contributed by atoms with Crippen molar-refractivity contribution in [3.8, 4) is 0 Å². The number of aromatic nitrogens is 2. The molecule has 1 aliphatic heterocycles. The maximum atomic E-state index is 10.9. The Kier molecular flexibility index (Phi) is 3.01. The van der Waals surface area contributed by atoms with Gasteiger partial charge in [-0.25, -0.2) is 0 Å². The number of carbonyl (C=O) groups excluding carboxylic acids is 1. The quantitative estimate of drug-likeness (QED) is 0.801. The van der Waals surface area contributed by atoms with Crippen molar-refractivity contribution in [2.75, 3.05) is 11.9 Å². The van der Waals surface area contributed by atoms with Gasteiger partial charge in [-0.2, -0.15) is 0 Å². The highest BCUT2D eigenvalue weighted by atomic mass is 35.5. The fourth-order valence-electron chi connectivity index (χ4n) is 1.47. The molecule has 15 heavy (non-hydrogen) atoms. The molecule has 1 aromatic rings. The van der Waals surface area contributed by atoms with Crippen molar-refractivity contribution in [1.82, 2.24) is 15.5 Å². The van der Waals surface area contributed by atoms with Crippen molar-refractivity contribution < 1.29 is 4.79 Å². The lowest BCUT2D eigenvalue weighted by atomic mass is 10.2. The molecule has 5 nitrogen and oxygen atoms in total. The largest absolute Gasteiger partial charge is 0.367 e. The Hall–Kier alpha value is -1.36. The van der Waals surface area contributed by atoms with Crippen LogP contribution in [0.1, 0.15) is 12.8 Å². The molecule has 2 N–H and O–H groups in total. The van der Waals surface area contributed by atoms with E-state index in [1.165, 1.54) is 0 Å². The van der Waals surface area contributed by atoms with Gasteiger partial charge in [0.15, 0.2) is 5.15 Å². The van der Waals surface area contributed by atoms with E-state index in [2.05, 4.69) is 20.8 Å². The molecule has 0 aliphatic carbocycles. The molecule has 0 bridgehead atoms. The van der Waals surface area contributed by atoms with E-state index in [1.54, 1.807) is 12.1 Å². The van der Waals surface area contributed by atoms with Crippen molar-refractivity contribution in [2.24, 2.45) is 0 Å². The molecule has 80 valence electrons. The van der Waals surface area contributed by atoms with E-state index in [0.717, 1.165) is 6.42 Å². The third-order valence-electron chi connectivity index (χ3n) is 2.25. The third-order valence-corrected chi connectivity index (χ3v) is 2.45. The summed E-state index contributed by atoms with van der Waals surface area (Å²) in [4.78, 5) is 10.9. The van der Waals surface area contributed by atoms with Gasteiger partial charge in [-0.1, -0.05) is 11.6 Å². The topological polar surface area (TPSA) is 66.9 Å². The molecule has 0 radical (unpaired) electrons. The number of hydrogen-bond acceptors (Lipinski definition) is 4. The molecule has 1 unspecified atom stereocenters. The van der Waals surface area contributed by atoms with Crippen LogP contribution in [0.3, 0.4) is 0 Å². The van der Waals surface area contributed by atoms with E-state index in [4.69, 9.17) is 11.6 Å². The summed E-state index contributed by atoms with van der Waals surface area (Å²) in [5, 5.41) is 13.9. The molecule has 1 saturated heterocycles. The monoisotopic (exact) mass is 226 g/mol. The van der Waals surface area contributed by atoms with Crippen LogP contribution in [0.4, 0.5) is 5.82 Å². The SMILES string of the molecule is O=C1CCC(CNc2ccc(Cl)nn2)N1. The van der Waals surface area contributed by atoms with E-state index < -0.39 is 0 Å². The zero-order valence-electron chi connectivity index (χ0n) is 8.03. The number of nitrogens with one attached hydrogen (secondary N) is 2. The zero-order chi connectivity index (χ0) is 10.7. The van der Waals surface area contributed by atoms with Crippen LogP contribution >= 0.6 is 11.6 Å². The fourth-order valence-corrected chi connectivity index (χ4v) is 1.57. The van der Waals surface area contributed by atoms with Gasteiger partial charge >= 0.3 is 0 Å². The van der Waals surface area contributed by atoms with Crippen LogP contribution in [0, 0.1) is 0 Å². The van der Waals surface area contributed by atoms with Crippen molar-refractivity contribution in [3.05, 3.63) is 17.3 Å². The van der Waals surface area contributed by atoms with Gasteiger partial charge in [0, 0.05) is 19.0 Å². The fraction of sp³-hybridized carbons (Fsp3) is 0.444. The maximum Gasteiger partial charge on any atom is 0.220 e. The predicted molar refractivity (Wildman–Crippen MR) is 56.7 cm³/mol. The lowest BCUT2D eigenvalue weighted by Crippen LogP contribution is -2.32. The van der Waals surface area contributed by atoms with Crippen LogP contribution in [0.2, 0.25) is 5.15 Å². The first kappa shape index (κ1) is 10.2. The molecule has 1 aliphatic rings. The summed E-state index contributed by atoms with van der Waals surface area (Å²) in [6.45, 7) is 0.669. The summed E-state index contributed by atoms with van der Waals surface area (Å²) in [6.07, 6.45) is 1.48. The van der Waals surface area contributed by atoms with Crippen LogP contribution in [-0.4, -0.2) is 28.7 Å². The Morgan fingerprint density at radius 1 is 1.53 bits per heavy atom. The van der Waals surface area contributed by atoms with Gasteiger partial charge in [0.2, 0.25) is 5.91 Å². The minimum Gasteiger partial charge on any atom is -0.367 e. The second-order valence-electron chi connectivity index (χ2n) is 3.43. The Morgan fingerprint density at radius 2 is 2.40 bits per heavy atom. The third kappa shape index (κ3) is 2.79. The standard InChI is InChI=1S/C9H11ClN4O/c10-7-2-3-8(14-13-7)11-5-6-1-4-9(15)12-6/h2-3,6H,1,4-5H2,(H,11,14)(H,12,15). The van der Waals surface area contributed by atoms with Gasteiger partial charge in [0.05, 0.1) is 0 Å². The minimum absolute atomic E-state index is 0.115. The van der Waals surface area contributed by atoms with Gasteiger partial charge in [-0.15, -0.1) is 10.2 Å². The van der Waals surface area contributed by atoms with Crippen molar-refractivity contribution in [1.29, 1.82) is 0 Å². The number of amides is 1. The van der Waals surface area contributed by atoms with Crippen LogP contribution in [0.15, 0.2) is 12.1 Å².